The van der Waals surface area contributed by atoms with Crippen molar-refractivity contribution in [2.45, 2.75) is 60.1 Å². The topological polar surface area (TPSA) is 69.2 Å². The largest absolute Gasteiger partial charge is 0.392 e. The van der Waals surface area contributed by atoms with Gasteiger partial charge in [-0.3, -0.25) is 9.69 Å². The molecule has 0 radical (unpaired) electrons. The predicted octanol–water partition coefficient (Wildman–Crippen LogP) is 4.89. The number of hydrogen-bond acceptors (Lipinski definition) is 5. The summed E-state index contributed by atoms with van der Waals surface area (Å²) in [5.74, 6) is 1.12. The van der Waals surface area contributed by atoms with Crippen LogP contribution < -0.4 is 5.56 Å². The minimum atomic E-state index is -0.359. The molecule has 0 saturated heterocycles. The second-order valence-corrected chi connectivity index (χ2v) is 9.53. The van der Waals surface area contributed by atoms with E-state index < -0.39 is 0 Å². The highest BCUT2D eigenvalue weighted by molar-refractivity contribution is 7.17. The maximum absolute atomic E-state index is 13.0. The number of benzene rings is 1. The summed E-state index contributed by atoms with van der Waals surface area (Å²) in [6, 6.07) is 6.29. The fourth-order valence-corrected chi connectivity index (χ4v) is 4.81. The second kappa shape index (κ2) is 9.86. The van der Waals surface area contributed by atoms with E-state index in [-0.39, 0.29) is 11.7 Å². The van der Waals surface area contributed by atoms with E-state index in [1.165, 1.54) is 22.5 Å². The first-order valence-electron chi connectivity index (χ1n) is 10.8. The lowest BCUT2D eigenvalue weighted by Gasteiger charge is -2.26. The Morgan fingerprint density at radius 1 is 1.20 bits per heavy atom. The summed E-state index contributed by atoms with van der Waals surface area (Å²) in [5.41, 5.74) is 4.35. The Hall–Kier alpha value is -2.02. The lowest BCUT2D eigenvalue weighted by atomic mass is 10.0. The number of H-pyrrole nitrogens is 1. The Bertz CT molecular complexity index is 1050. The average Bonchev–Trinajstić information content (AvgIpc) is 3.08. The van der Waals surface area contributed by atoms with Crippen LogP contribution in [0.2, 0.25) is 0 Å². The number of rotatable bonds is 9. The summed E-state index contributed by atoms with van der Waals surface area (Å²) in [5, 5.41) is 13.0. The maximum atomic E-state index is 13.0. The Morgan fingerprint density at radius 3 is 2.63 bits per heavy atom. The standard InChI is InChI=1S/C24H33N3O2S/c1-6-7-19(28)12-27(11-15(2)3)13-21-25-23(29)22-20(14-30-24(22)26-21)18-9-8-16(4)17(5)10-18/h8-10,14-15,19,28H,6-7,11-13H2,1-5H3,(H,25,26,29). The third-order valence-electron chi connectivity index (χ3n) is 5.40. The fraction of sp³-hybridized carbons (Fsp3) is 0.500. The van der Waals surface area contributed by atoms with Crippen molar-refractivity contribution in [2.24, 2.45) is 5.92 Å². The molecule has 0 aliphatic carbocycles. The van der Waals surface area contributed by atoms with Gasteiger partial charge in [-0.25, -0.2) is 4.98 Å². The maximum Gasteiger partial charge on any atom is 0.260 e. The molecule has 2 heterocycles. The van der Waals surface area contributed by atoms with Crippen LogP contribution in [-0.4, -0.2) is 39.2 Å². The van der Waals surface area contributed by atoms with Gasteiger partial charge in [-0.1, -0.05) is 45.4 Å². The number of aromatic nitrogens is 2. The van der Waals surface area contributed by atoms with Crippen LogP contribution in [-0.2, 0) is 6.54 Å². The highest BCUT2D eigenvalue weighted by Gasteiger charge is 2.17. The number of aliphatic hydroxyl groups is 1. The number of nitrogens with zero attached hydrogens (tertiary/aromatic N) is 2. The molecule has 1 aromatic carbocycles. The van der Waals surface area contributed by atoms with Crippen LogP contribution in [0.15, 0.2) is 28.4 Å². The molecule has 3 aromatic rings. The quantitative estimate of drug-likeness (QED) is 0.510. The summed E-state index contributed by atoms with van der Waals surface area (Å²) >= 11 is 1.51. The molecule has 2 aromatic heterocycles. The molecule has 0 spiro atoms. The van der Waals surface area contributed by atoms with Crippen LogP contribution in [0.1, 0.15) is 50.6 Å². The van der Waals surface area contributed by atoms with Crippen molar-refractivity contribution in [2.75, 3.05) is 13.1 Å². The molecular formula is C24H33N3O2S. The summed E-state index contributed by atoms with van der Waals surface area (Å²) in [7, 11) is 0. The van der Waals surface area contributed by atoms with Crippen molar-refractivity contribution >= 4 is 21.6 Å². The molecule has 0 aliphatic rings. The number of nitrogens with one attached hydrogen (secondary N) is 1. The summed E-state index contributed by atoms with van der Waals surface area (Å²) in [4.78, 5) is 23.7. The summed E-state index contributed by atoms with van der Waals surface area (Å²) in [6.45, 7) is 12.5. The second-order valence-electron chi connectivity index (χ2n) is 8.67. The van der Waals surface area contributed by atoms with E-state index in [2.05, 4.69) is 62.7 Å². The summed E-state index contributed by atoms with van der Waals surface area (Å²) < 4.78 is 0. The van der Waals surface area contributed by atoms with E-state index in [1.54, 1.807) is 0 Å². The molecule has 5 nitrogen and oxygen atoms in total. The zero-order chi connectivity index (χ0) is 21.8. The molecule has 0 amide bonds. The smallest absolute Gasteiger partial charge is 0.260 e. The van der Waals surface area contributed by atoms with Crippen molar-refractivity contribution < 1.29 is 5.11 Å². The Labute approximate surface area is 182 Å². The molecule has 6 heteroatoms. The van der Waals surface area contributed by atoms with Crippen LogP contribution in [0.4, 0.5) is 0 Å². The first-order chi connectivity index (χ1) is 14.3. The highest BCUT2D eigenvalue weighted by atomic mass is 32.1. The van der Waals surface area contributed by atoms with Gasteiger partial charge in [-0.2, -0.15) is 0 Å². The zero-order valence-electron chi connectivity index (χ0n) is 18.7. The van der Waals surface area contributed by atoms with Gasteiger partial charge in [0.05, 0.1) is 18.0 Å². The van der Waals surface area contributed by atoms with E-state index in [0.717, 1.165) is 35.3 Å². The van der Waals surface area contributed by atoms with E-state index in [1.807, 2.05) is 5.38 Å². The Balaban J connectivity index is 1.90. The van der Waals surface area contributed by atoms with Crippen LogP contribution in [0.25, 0.3) is 21.3 Å². The van der Waals surface area contributed by atoms with Crippen LogP contribution in [0.5, 0.6) is 0 Å². The number of thiophene rings is 1. The lowest BCUT2D eigenvalue weighted by molar-refractivity contribution is 0.0930. The van der Waals surface area contributed by atoms with Gasteiger partial charge in [0.2, 0.25) is 0 Å². The van der Waals surface area contributed by atoms with Crippen LogP contribution >= 0.6 is 11.3 Å². The normalized spacial score (nSPS) is 12.9. The number of aromatic amines is 1. The molecule has 2 N–H and O–H groups in total. The summed E-state index contributed by atoms with van der Waals surface area (Å²) in [6.07, 6.45) is 1.37. The van der Waals surface area contributed by atoms with E-state index in [4.69, 9.17) is 4.98 Å². The number of aliphatic hydroxyl groups excluding tert-OH is 1. The van der Waals surface area contributed by atoms with Crippen molar-refractivity contribution in [3.63, 3.8) is 0 Å². The van der Waals surface area contributed by atoms with Gasteiger partial charge in [-0.15, -0.1) is 11.3 Å². The minimum Gasteiger partial charge on any atom is -0.392 e. The molecule has 0 saturated carbocycles. The molecule has 0 bridgehead atoms. The predicted molar refractivity (Wildman–Crippen MR) is 126 cm³/mol. The molecule has 162 valence electrons. The van der Waals surface area contributed by atoms with Crippen molar-refractivity contribution in [3.8, 4) is 11.1 Å². The van der Waals surface area contributed by atoms with Crippen LogP contribution in [0.3, 0.4) is 0 Å². The lowest BCUT2D eigenvalue weighted by Crippen LogP contribution is -2.35. The van der Waals surface area contributed by atoms with Crippen molar-refractivity contribution in [3.05, 3.63) is 50.9 Å². The number of aryl methyl sites for hydroxylation is 2. The van der Waals surface area contributed by atoms with Gasteiger partial charge in [-0.05, 0) is 42.9 Å². The molecule has 1 atom stereocenters. The Kier molecular flexibility index (Phi) is 7.45. The van der Waals surface area contributed by atoms with Crippen molar-refractivity contribution in [1.82, 2.24) is 14.9 Å². The van der Waals surface area contributed by atoms with E-state index in [0.29, 0.717) is 30.2 Å². The molecule has 3 rings (SSSR count). The first kappa shape index (κ1) is 22.7. The number of hydrogen-bond donors (Lipinski definition) is 2. The van der Waals surface area contributed by atoms with Crippen LogP contribution in [0, 0.1) is 19.8 Å². The molecule has 30 heavy (non-hydrogen) atoms. The monoisotopic (exact) mass is 427 g/mol. The van der Waals surface area contributed by atoms with Gasteiger partial charge in [0, 0.05) is 24.0 Å². The van der Waals surface area contributed by atoms with Gasteiger partial charge in [0.25, 0.3) is 5.56 Å². The molecular weight excluding hydrogens is 394 g/mol. The first-order valence-corrected chi connectivity index (χ1v) is 11.6. The fourth-order valence-electron chi connectivity index (χ4n) is 3.84. The highest BCUT2D eigenvalue weighted by Crippen LogP contribution is 2.31. The third-order valence-corrected chi connectivity index (χ3v) is 6.27. The zero-order valence-corrected chi connectivity index (χ0v) is 19.5. The van der Waals surface area contributed by atoms with Gasteiger partial charge in [0.15, 0.2) is 0 Å². The molecule has 0 fully saturated rings. The molecule has 1 unspecified atom stereocenters. The van der Waals surface area contributed by atoms with Gasteiger partial charge < -0.3 is 10.1 Å². The SMILES string of the molecule is CCCC(O)CN(Cc1nc2scc(-c3ccc(C)c(C)c3)c2c(=O)[nH]1)CC(C)C. The van der Waals surface area contributed by atoms with Gasteiger partial charge in [0.1, 0.15) is 10.7 Å². The van der Waals surface area contributed by atoms with E-state index >= 15 is 0 Å². The molecule has 0 aliphatic heterocycles. The Morgan fingerprint density at radius 2 is 1.97 bits per heavy atom. The average molecular weight is 428 g/mol. The van der Waals surface area contributed by atoms with Crippen molar-refractivity contribution in [1.29, 1.82) is 0 Å². The minimum absolute atomic E-state index is 0.0944. The van der Waals surface area contributed by atoms with Gasteiger partial charge >= 0.3 is 0 Å². The van der Waals surface area contributed by atoms with E-state index in [9.17, 15) is 9.90 Å². The number of fused-ring (bicyclic) bond motifs is 1. The third kappa shape index (κ3) is 5.36.